The number of nitrogens with zero attached hydrogens (tertiary/aromatic N) is 1. The van der Waals surface area contributed by atoms with Gasteiger partial charge in [-0.3, -0.25) is 0 Å². The molecule has 0 saturated carbocycles. The van der Waals surface area contributed by atoms with Gasteiger partial charge >= 0.3 is 5.97 Å². The van der Waals surface area contributed by atoms with Gasteiger partial charge in [0.1, 0.15) is 10.6 Å². The number of hydrogen-bond donors (Lipinski definition) is 2. The second-order valence-electron chi connectivity index (χ2n) is 4.23. The quantitative estimate of drug-likeness (QED) is 0.803. The van der Waals surface area contributed by atoms with Crippen LogP contribution in [0.3, 0.4) is 0 Å². The van der Waals surface area contributed by atoms with E-state index in [0.29, 0.717) is 19.5 Å². The Hall–Kier alpha value is -1.60. The maximum Gasteiger partial charge on any atom is 0.352 e. The maximum absolute atomic E-state index is 12.3. The minimum absolute atomic E-state index is 0.00500. The molecule has 2 heterocycles. The SMILES string of the molecule is CC1=CCCN(S(=O)(=O)c2c[nH]c(C(=O)O)c2)C1. The number of aromatic nitrogens is 1. The van der Waals surface area contributed by atoms with Crippen LogP contribution in [0.15, 0.2) is 28.8 Å². The molecular formula is C11H14N2O4S. The molecule has 1 aliphatic rings. The Balaban J connectivity index is 2.30. The highest BCUT2D eigenvalue weighted by molar-refractivity contribution is 7.89. The number of nitrogens with one attached hydrogen (secondary N) is 1. The summed E-state index contributed by atoms with van der Waals surface area (Å²) in [6.45, 7) is 2.66. The zero-order valence-electron chi connectivity index (χ0n) is 9.88. The Morgan fingerprint density at radius 3 is 2.78 bits per heavy atom. The van der Waals surface area contributed by atoms with Crippen molar-refractivity contribution in [3.63, 3.8) is 0 Å². The van der Waals surface area contributed by atoms with E-state index in [1.54, 1.807) is 0 Å². The Labute approximate surface area is 105 Å². The monoisotopic (exact) mass is 270 g/mol. The highest BCUT2D eigenvalue weighted by Crippen LogP contribution is 2.21. The van der Waals surface area contributed by atoms with Crippen LogP contribution in [0.5, 0.6) is 0 Å². The van der Waals surface area contributed by atoms with Crippen molar-refractivity contribution in [3.05, 3.63) is 29.6 Å². The number of carboxylic acid groups (broad SMARTS) is 1. The Morgan fingerprint density at radius 1 is 1.50 bits per heavy atom. The number of sulfonamides is 1. The predicted octanol–water partition coefficient (Wildman–Crippen LogP) is 1.05. The van der Waals surface area contributed by atoms with E-state index in [9.17, 15) is 13.2 Å². The van der Waals surface area contributed by atoms with Crippen LogP contribution in [-0.2, 0) is 10.0 Å². The van der Waals surface area contributed by atoms with E-state index in [4.69, 9.17) is 5.11 Å². The summed E-state index contributed by atoms with van der Waals surface area (Å²) in [6, 6.07) is 1.14. The lowest BCUT2D eigenvalue weighted by atomic mass is 10.2. The number of aromatic amines is 1. The van der Waals surface area contributed by atoms with E-state index in [-0.39, 0.29) is 10.6 Å². The van der Waals surface area contributed by atoms with Crippen LogP contribution in [0, 0.1) is 0 Å². The van der Waals surface area contributed by atoms with Crippen molar-refractivity contribution in [2.45, 2.75) is 18.2 Å². The van der Waals surface area contributed by atoms with E-state index in [1.165, 1.54) is 10.5 Å². The van der Waals surface area contributed by atoms with Gasteiger partial charge < -0.3 is 10.1 Å². The molecule has 0 fully saturated rings. The van der Waals surface area contributed by atoms with Crippen molar-refractivity contribution < 1.29 is 18.3 Å². The standard InChI is InChI=1S/C11H14N2O4S/c1-8-3-2-4-13(7-8)18(16,17)9-5-10(11(14)15)12-6-9/h3,5-6,12H,2,4,7H2,1H3,(H,14,15). The second-order valence-corrected chi connectivity index (χ2v) is 6.17. The molecule has 1 aliphatic heterocycles. The van der Waals surface area contributed by atoms with E-state index < -0.39 is 16.0 Å². The summed E-state index contributed by atoms with van der Waals surface area (Å²) in [5.74, 6) is -1.17. The van der Waals surface area contributed by atoms with Crippen molar-refractivity contribution in [1.29, 1.82) is 0 Å². The van der Waals surface area contributed by atoms with Gasteiger partial charge in [-0.15, -0.1) is 0 Å². The van der Waals surface area contributed by atoms with Gasteiger partial charge in [-0.2, -0.15) is 4.31 Å². The molecule has 0 amide bonds. The van der Waals surface area contributed by atoms with Crippen molar-refractivity contribution in [2.24, 2.45) is 0 Å². The number of hydrogen-bond acceptors (Lipinski definition) is 3. The Morgan fingerprint density at radius 2 is 2.22 bits per heavy atom. The molecule has 0 saturated heterocycles. The van der Waals surface area contributed by atoms with Crippen LogP contribution >= 0.6 is 0 Å². The van der Waals surface area contributed by atoms with Gasteiger partial charge in [0.25, 0.3) is 0 Å². The summed E-state index contributed by atoms with van der Waals surface area (Å²) in [5.41, 5.74) is 0.872. The third kappa shape index (κ3) is 2.32. The van der Waals surface area contributed by atoms with Crippen LogP contribution < -0.4 is 0 Å². The predicted molar refractivity (Wildman–Crippen MR) is 64.9 cm³/mol. The van der Waals surface area contributed by atoms with E-state index in [2.05, 4.69) is 4.98 Å². The maximum atomic E-state index is 12.3. The minimum atomic E-state index is -3.61. The van der Waals surface area contributed by atoms with Gasteiger partial charge in [0.15, 0.2) is 0 Å². The topological polar surface area (TPSA) is 90.5 Å². The molecular weight excluding hydrogens is 256 g/mol. The highest BCUT2D eigenvalue weighted by Gasteiger charge is 2.27. The van der Waals surface area contributed by atoms with Gasteiger partial charge in [0, 0.05) is 19.3 Å². The first kappa shape index (κ1) is 12.8. The second kappa shape index (κ2) is 4.58. The van der Waals surface area contributed by atoms with E-state index in [1.807, 2.05) is 13.0 Å². The van der Waals surface area contributed by atoms with Gasteiger partial charge in [-0.1, -0.05) is 11.6 Å². The van der Waals surface area contributed by atoms with Crippen molar-refractivity contribution in [3.8, 4) is 0 Å². The van der Waals surface area contributed by atoms with Crippen LogP contribution in [0.4, 0.5) is 0 Å². The average molecular weight is 270 g/mol. The summed E-state index contributed by atoms with van der Waals surface area (Å²) >= 11 is 0. The Kier molecular flexibility index (Phi) is 3.27. The van der Waals surface area contributed by atoms with Crippen LogP contribution in [0.25, 0.3) is 0 Å². The molecule has 0 bridgehead atoms. The smallest absolute Gasteiger partial charge is 0.352 e. The molecule has 6 nitrogen and oxygen atoms in total. The van der Waals surface area contributed by atoms with Crippen LogP contribution in [0.2, 0.25) is 0 Å². The lowest BCUT2D eigenvalue weighted by molar-refractivity contribution is 0.0691. The van der Waals surface area contributed by atoms with Crippen molar-refractivity contribution >= 4 is 16.0 Å². The summed E-state index contributed by atoms with van der Waals surface area (Å²) in [5, 5.41) is 8.77. The highest BCUT2D eigenvalue weighted by atomic mass is 32.2. The number of aromatic carboxylic acids is 1. The van der Waals surface area contributed by atoms with E-state index in [0.717, 1.165) is 11.6 Å². The molecule has 0 atom stereocenters. The third-order valence-corrected chi connectivity index (χ3v) is 4.64. The largest absolute Gasteiger partial charge is 0.477 e. The molecule has 18 heavy (non-hydrogen) atoms. The molecule has 0 spiro atoms. The molecule has 98 valence electrons. The van der Waals surface area contributed by atoms with Crippen LogP contribution in [-0.4, -0.2) is 41.9 Å². The normalized spacial score (nSPS) is 17.5. The fourth-order valence-corrected chi connectivity index (χ4v) is 3.37. The summed E-state index contributed by atoms with van der Waals surface area (Å²) < 4.78 is 25.9. The van der Waals surface area contributed by atoms with Gasteiger partial charge in [0.2, 0.25) is 10.0 Å². The molecule has 2 rings (SSSR count). The first-order chi connectivity index (χ1) is 8.41. The fraction of sp³-hybridized carbons (Fsp3) is 0.364. The Bertz CT molecular complexity index is 600. The van der Waals surface area contributed by atoms with Crippen LogP contribution in [0.1, 0.15) is 23.8 Å². The molecule has 0 aromatic carbocycles. The van der Waals surface area contributed by atoms with Gasteiger partial charge in [0.05, 0.1) is 0 Å². The lowest BCUT2D eigenvalue weighted by Gasteiger charge is -2.24. The van der Waals surface area contributed by atoms with Crippen molar-refractivity contribution in [2.75, 3.05) is 13.1 Å². The van der Waals surface area contributed by atoms with Crippen molar-refractivity contribution in [1.82, 2.24) is 9.29 Å². The number of carboxylic acids is 1. The molecule has 1 aromatic heterocycles. The molecule has 0 aliphatic carbocycles. The number of carbonyl (C=O) groups is 1. The third-order valence-electron chi connectivity index (χ3n) is 2.82. The fourth-order valence-electron chi connectivity index (χ4n) is 1.88. The summed E-state index contributed by atoms with van der Waals surface area (Å²) in [7, 11) is -3.61. The van der Waals surface area contributed by atoms with Gasteiger partial charge in [-0.25, -0.2) is 13.2 Å². The van der Waals surface area contributed by atoms with Gasteiger partial charge in [-0.05, 0) is 19.4 Å². The lowest BCUT2D eigenvalue weighted by Crippen LogP contribution is -2.35. The van der Waals surface area contributed by atoms with E-state index >= 15 is 0 Å². The summed E-state index contributed by atoms with van der Waals surface area (Å²) in [4.78, 5) is 13.2. The molecule has 7 heteroatoms. The molecule has 0 unspecified atom stereocenters. The minimum Gasteiger partial charge on any atom is -0.477 e. The number of H-pyrrole nitrogens is 1. The number of rotatable bonds is 3. The summed E-state index contributed by atoms with van der Waals surface area (Å²) in [6.07, 6.45) is 3.90. The zero-order valence-corrected chi connectivity index (χ0v) is 10.7. The molecule has 2 N–H and O–H groups in total. The average Bonchev–Trinajstić information content (AvgIpc) is 2.79. The molecule has 0 radical (unpaired) electrons. The first-order valence-electron chi connectivity index (χ1n) is 5.49. The molecule has 1 aromatic rings. The zero-order chi connectivity index (χ0) is 13.3. The first-order valence-corrected chi connectivity index (χ1v) is 6.93.